The molecule has 84 valence electrons. The molecule has 3 aliphatic carbocycles. The summed E-state index contributed by atoms with van der Waals surface area (Å²) in [5, 5.41) is 9.35. The molecule has 0 aromatic heterocycles. The predicted molar refractivity (Wildman–Crippen MR) is 59.5 cm³/mol. The van der Waals surface area contributed by atoms with Crippen LogP contribution >= 0.6 is 0 Å². The molecule has 0 spiro atoms. The molecule has 0 heterocycles. The van der Waals surface area contributed by atoms with Gasteiger partial charge in [-0.25, -0.2) is 0 Å². The first kappa shape index (κ1) is 10.7. The molecule has 2 bridgehead atoms. The zero-order valence-corrected chi connectivity index (χ0v) is 9.79. The Morgan fingerprint density at radius 3 is 2.47 bits per heavy atom. The van der Waals surface area contributed by atoms with Crippen LogP contribution in [0.2, 0.25) is 0 Å². The number of carboxylic acid groups (broad SMARTS) is 1. The van der Waals surface area contributed by atoms with Crippen molar-refractivity contribution < 1.29 is 9.90 Å². The molecular weight excluding hydrogens is 188 g/mol. The van der Waals surface area contributed by atoms with Crippen LogP contribution in [0.25, 0.3) is 0 Å². The average Bonchev–Trinajstić information content (AvgIpc) is 2.17. The van der Waals surface area contributed by atoms with Gasteiger partial charge >= 0.3 is 5.97 Å². The first-order valence-corrected chi connectivity index (χ1v) is 5.83. The van der Waals surface area contributed by atoms with Crippen molar-refractivity contribution in [1.82, 2.24) is 0 Å². The molecule has 1 fully saturated rings. The van der Waals surface area contributed by atoms with Gasteiger partial charge in [0, 0.05) is 5.41 Å². The van der Waals surface area contributed by atoms with Crippen LogP contribution in [0.3, 0.4) is 0 Å². The zero-order valence-electron chi connectivity index (χ0n) is 9.79. The minimum atomic E-state index is -0.612. The fourth-order valence-electron chi connectivity index (χ4n) is 3.34. The summed E-state index contributed by atoms with van der Waals surface area (Å²) >= 11 is 0. The van der Waals surface area contributed by atoms with E-state index in [1.807, 2.05) is 0 Å². The van der Waals surface area contributed by atoms with Crippen LogP contribution in [-0.2, 0) is 4.79 Å². The SMILES string of the molecule is CC(C)[C@@]12C=C[C@@](C)(CC1)CC2C(=O)O. The number of carbonyl (C=O) groups is 1. The second-order valence-electron chi connectivity index (χ2n) is 5.85. The van der Waals surface area contributed by atoms with Gasteiger partial charge in [0.05, 0.1) is 5.92 Å². The third kappa shape index (κ3) is 1.42. The van der Waals surface area contributed by atoms with Crippen LogP contribution in [0.1, 0.15) is 40.0 Å². The fourth-order valence-corrected chi connectivity index (χ4v) is 3.34. The number of carboxylic acids is 1. The van der Waals surface area contributed by atoms with Crippen molar-refractivity contribution in [2.45, 2.75) is 40.0 Å². The zero-order chi connectivity index (χ0) is 11.3. The summed E-state index contributed by atoms with van der Waals surface area (Å²) in [4.78, 5) is 11.4. The molecule has 0 aliphatic heterocycles. The Labute approximate surface area is 91.4 Å². The Balaban J connectivity index is 2.43. The quantitative estimate of drug-likeness (QED) is 0.708. The number of allylic oxidation sites excluding steroid dienone is 2. The van der Waals surface area contributed by atoms with Crippen LogP contribution in [0.5, 0.6) is 0 Å². The van der Waals surface area contributed by atoms with Crippen molar-refractivity contribution in [2.24, 2.45) is 22.7 Å². The summed E-state index contributed by atoms with van der Waals surface area (Å²) in [7, 11) is 0. The molecule has 2 nitrogen and oxygen atoms in total. The molecule has 0 aromatic carbocycles. The molecule has 0 radical (unpaired) electrons. The lowest BCUT2D eigenvalue weighted by Crippen LogP contribution is -2.49. The molecule has 3 rings (SSSR count). The van der Waals surface area contributed by atoms with Crippen molar-refractivity contribution in [3.8, 4) is 0 Å². The van der Waals surface area contributed by atoms with Gasteiger partial charge in [-0.2, -0.15) is 0 Å². The number of hydrogen-bond donors (Lipinski definition) is 1. The minimum absolute atomic E-state index is 0.0798. The van der Waals surface area contributed by atoms with Crippen molar-refractivity contribution >= 4 is 5.97 Å². The van der Waals surface area contributed by atoms with Crippen molar-refractivity contribution in [3.63, 3.8) is 0 Å². The second kappa shape index (κ2) is 3.10. The Bertz CT molecular complexity index is 318. The highest BCUT2D eigenvalue weighted by Gasteiger charge is 2.53. The summed E-state index contributed by atoms with van der Waals surface area (Å²) < 4.78 is 0. The third-order valence-corrected chi connectivity index (χ3v) is 4.62. The van der Waals surface area contributed by atoms with Gasteiger partial charge in [-0.15, -0.1) is 0 Å². The molecule has 15 heavy (non-hydrogen) atoms. The molecule has 3 aliphatic rings. The number of fused-ring (bicyclic) bond motifs is 2. The Morgan fingerprint density at radius 2 is 2.07 bits per heavy atom. The van der Waals surface area contributed by atoms with Crippen LogP contribution in [0.15, 0.2) is 12.2 Å². The van der Waals surface area contributed by atoms with E-state index >= 15 is 0 Å². The van der Waals surface area contributed by atoms with Gasteiger partial charge in [-0.05, 0) is 30.6 Å². The number of aliphatic carboxylic acids is 1. The highest BCUT2D eigenvalue weighted by atomic mass is 16.4. The van der Waals surface area contributed by atoms with Gasteiger partial charge in [0.2, 0.25) is 0 Å². The van der Waals surface area contributed by atoms with Crippen molar-refractivity contribution in [1.29, 1.82) is 0 Å². The molecule has 1 unspecified atom stereocenters. The number of hydrogen-bond acceptors (Lipinski definition) is 1. The Kier molecular flexibility index (Phi) is 2.21. The van der Waals surface area contributed by atoms with Gasteiger partial charge in [0.1, 0.15) is 0 Å². The Hall–Kier alpha value is -0.790. The van der Waals surface area contributed by atoms with Crippen LogP contribution in [-0.4, -0.2) is 11.1 Å². The monoisotopic (exact) mass is 208 g/mol. The van der Waals surface area contributed by atoms with E-state index in [2.05, 4.69) is 32.9 Å². The minimum Gasteiger partial charge on any atom is -0.481 e. The summed E-state index contributed by atoms with van der Waals surface area (Å²) in [6.45, 7) is 6.48. The molecule has 0 aromatic rings. The first-order valence-electron chi connectivity index (χ1n) is 5.83. The lowest BCUT2D eigenvalue weighted by Gasteiger charge is -2.53. The summed E-state index contributed by atoms with van der Waals surface area (Å²) in [5.41, 5.74) is 0.0588. The van der Waals surface area contributed by atoms with Gasteiger partial charge in [-0.3, -0.25) is 4.79 Å². The second-order valence-corrected chi connectivity index (χ2v) is 5.85. The molecule has 1 N–H and O–H groups in total. The van der Waals surface area contributed by atoms with Gasteiger partial charge in [0.15, 0.2) is 0 Å². The number of rotatable bonds is 2. The van der Waals surface area contributed by atoms with Crippen molar-refractivity contribution in [2.75, 3.05) is 0 Å². The maximum absolute atomic E-state index is 11.4. The summed E-state index contributed by atoms with van der Waals surface area (Å²) in [6.07, 6.45) is 7.45. The van der Waals surface area contributed by atoms with E-state index in [1.54, 1.807) is 0 Å². The predicted octanol–water partition coefficient (Wildman–Crippen LogP) is 3.09. The normalized spacial score (nSPS) is 43.6. The summed E-state index contributed by atoms with van der Waals surface area (Å²) in [5.74, 6) is -0.375. The standard InChI is InChI=1S/C13H20O2/c1-9(2)13-6-4-12(3,5-7-13)8-10(13)11(14)15/h4,6,9-10H,5,7-8H2,1-3H3,(H,14,15)/t10?,12-,13+/m0/s1. The van der Waals surface area contributed by atoms with Gasteiger partial charge in [0.25, 0.3) is 0 Å². The van der Waals surface area contributed by atoms with Crippen LogP contribution in [0, 0.1) is 22.7 Å². The lowest BCUT2D eigenvalue weighted by molar-refractivity contribution is -0.152. The third-order valence-electron chi connectivity index (χ3n) is 4.62. The van der Waals surface area contributed by atoms with E-state index in [0.29, 0.717) is 5.92 Å². The van der Waals surface area contributed by atoms with E-state index in [-0.39, 0.29) is 16.7 Å². The van der Waals surface area contributed by atoms with E-state index < -0.39 is 5.97 Å². The highest BCUT2D eigenvalue weighted by Crippen LogP contribution is 2.58. The average molecular weight is 208 g/mol. The van der Waals surface area contributed by atoms with Crippen LogP contribution < -0.4 is 0 Å². The fraction of sp³-hybridized carbons (Fsp3) is 0.769. The molecule has 1 saturated carbocycles. The smallest absolute Gasteiger partial charge is 0.307 e. The van der Waals surface area contributed by atoms with Crippen LogP contribution in [0.4, 0.5) is 0 Å². The molecule has 0 saturated heterocycles. The van der Waals surface area contributed by atoms with E-state index in [1.165, 1.54) is 0 Å². The first-order chi connectivity index (χ1) is 6.90. The lowest BCUT2D eigenvalue weighted by atomic mass is 9.50. The van der Waals surface area contributed by atoms with E-state index in [9.17, 15) is 9.90 Å². The van der Waals surface area contributed by atoms with E-state index in [0.717, 1.165) is 19.3 Å². The summed E-state index contributed by atoms with van der Waals surface area (Å²) in [6, 6.07) is 0. The molecule has 0 amide bonds. The maximum atomic E-state index is 11.4. The van der Waals surface area contributed by atoms with Gasteiger partial charge in [-0.1, -0.05) is 32.9 Å². The topological polar surface area (TPSA) is 37.3 Å². The van der Waals surface area contributed by atoms with E-state index in [4.69, 9.17) is 0 Å². The largest absolute Gasteiger partial charge is 0.481 e. The Morgan fingerprint density at radius 1 is 1.40 bits per heavy atom. The molecule has 3 atom stereocenters. The molecule has 2 heteroatoms. The highest BCUT2D eigenvalue weighted by molar-refractivity contribution is 5.72. The van der Waals surface area contributed by atoms with Gasteiger partial charge < -0.3 is 5.11 Å². The maximum Gasteiger partial charge on any atom is 0.307 e. The molecular formula is C13H20O2. The van der Waals surface area contributed by atoms with Crippen molar-refractivity contribution in [3.05, 3.63) is 12.2 Å².